The third-order valence-electron chi connectivity index (χ3n) is 1.23. The lowest BCUT2D eigenvalue weighted by Crippen LogP contribution is -2.30. The number of halogens is 3. The quantitative estimate of drug-likeness (QED) is 0.740. The maximum absolute atomic E-state index is 12.0. The van der Waals surface area contributed by atoms with Gasteiger partial charge >= 0.3 is 14.0 Å². The molecule has 0 saturated heterocycles. The van der Waals surface area contributed by atoms with Crippen LogP contribution < -0.4 is 0 Å². The van der Waals surface area contributed by atoms with Crippen LogP contribution in [-0.2, 0) is 13.6 Å². The van der Waals surface area contributed by atoms with E-state index < -0.39 is 26.5 Å². The van der Waals surface area contributed by atoms with Crippen molar-refractivity contribution in [2.24, 2.45) is 0 Å². The Morgan fingerprint density at radius 1 is 1.54 bits per heavy atom. The second-order valence-corrected chi connectivity index (χ2v) is 3.71. The molecule has 0 aromatic carbocycles. The average Bonchev–Trinajstić information content (AvgIpc) is 1.98. The van der Waals surface area contributed by atoms with Crippen molar-refractivity contribution in [3.05, 3.63) is 0 Å². The summed E-state index contributed by atoms with van der Waals surface area (Å²) in [6.07, 6.45) is -7.38. The fourth-order valence-corrected chi connectivity index (χ4v) is 1.25. The number of phosphoric ester groups is 1. The minimum atomic E-state index is -4.66. The summed E-state index contributed by atoms with van der Waals surface area (Å²) in [5, 5.41) is 0. The van der Waals surface area contributed by atoms with Crippen LogP contribution in [0.15, 0.2) is 0 Å². The standard InChI is InChI=1S/C5H10F3O4P/c1-3-4(5(6,7)8)12-13(9,10)11-2/h4H,3H2,1-2H3,(H,9,10). The molecular formula is C5H10F3O4P. The highest BCUT2D eigenvalue weighted by molar-refractivity contribution is 7.47. The Morgan fingerprint density at radius 2 is 2.00 bits per heavy atom. The first kappa shape index (κ1) is 12.9. The molecule has 13 heavy (non-hydrogen) atoms. The van der Waals surface area contributed by atoms with Gasteiger partial charge in [0.25, 0.3) is 0 Å². The summed E-state index contributed by atoms with van der Waals surface area (Å²) in [7, 11) is -3.77. The van der Waals surface area contributed by atoms with E-state index >= 15 is 0 Å². The van der Waals surface area contributed by atoms with Gasteiger partial charge in [0.15, 0.2) is 6.10 Å². The number of rotatable bonds is 4. The van der Waals surface area contributed by atoms with Gasteiger partial charge in [0.1, 0.15) is 0 Å². The van der Waals surface area contributed by atoms with Crippen LogP contribution in [-0.4, -0.2) is 24.3 Å². The normalized spacial score (nSPS) is 19.5. The summed E-state index contributed by atoms with van der Waals surface area (Å²) in [5.41, 5.74) is 0. The van der Waals surface area contributed by atoms with Gasteiger partial charge in [0.05, 0.1) is 0 Å². The minimum Gasteiger partial charge on any atom is -0.302 e. The van der Waals surface area contributed by atoms with E-state index in [0.717, 1.165) is 7.11 Å². The number of alkyl halides is 3. The van der Waals surface area contributed by atoms with Crippen molar-refractivity contribution < 1.29 is 31.7 Å². The van der Waals surface area contributed by atoms with Gasteiger partial charge in [-0.1, -0.05) is 6.92 Å². The molecule has 4 nitrogen and oxygen atoms in total. The van der Waals surface area contributed by atoms with Crippen molar-refractivity contribution in [1.29, 1.82) is 0 Å². The second-order valence-electron chi connectivity index (χ2n) is 2.20. The molecule has 0 amide bonds. The van der Waals surface area contributed by atoms with Gasteiger partial charge in [-0.2, -0.15) is 13.2 Å². The van der Waals surface area contributed by atoms with Crippen LogP contribution in [0.4, 0.5) is 13.2 Å². The SMILES string of the molecule is CCC(OP(=O)(O)OC)C(F)(F)F. The van der Waals surface area contributed by atoms with Crippen LogP contribution in [0, 0.1) is 0 Å². The van der Waals surface area contributed by atoms with Gasteiger partial charge < -0.3 is 4.89 Å². The Labute approximate surface area is 73.3 Å². The Balaban J connectivity index is 4.39. The molecule has 8 heteroatoms. The Kier molecular flexibility index (Phi) is 4.38. The fraction of sp³-hybridized carbons (Fsp3) is 1.00. The van der Waals surface area contributed by atoms with Crippen molar-refractivity contribution in [3.63, 3.8) is 0 Å². The topological polar surface area (TPSA) is 55.8 Å². The van der Waals surface area contributed by atoms with Crippen LogP contribution in [0.25, 0.3) is 0 Å². The van der Waals surface area contributed by atoms with Crippen molar-refractivity contribution >= 4 is 7.82 Å². The molecule has 0 aromatic rings. The number of hydrogen-bond donors (Lipinski definition) is 1. The molecule has 0 aliphatic carbocycles. The first-order chi connectivity index (χ1) is 5.73. The summed E-state index contributed by atoms with van der Waals surface area (Å²) < 4.78 is 54.3. The predicted molar refractivity (Wildman–Crippen MR) is 38.1 cm³/mol. The van der Waals surface area contributed by atoms with Gasteiger partial charge in [-0.15, -0.1) is 0 Å². The first-order valence-corrected chi connectivity index (χ1v) is 4.86. The molecular weight excluding hydrogens is 212 g/mol. The number of hydrogen-bond acceptors (Lipinski definition) is 3. The zero-order chi connectivity index (χ0) is 10.7. The molecule has 0 spiro atoms. The molecule has 2 atom stereocenters. The van der Waals surface area contributed by atoms with E-state index in [9.17, 15) is 17.7 Å². The highest BCUT2D eigenvalue weighted by atomic mass is 31.2. The van der Waals surface area contributed by atoms with E-state index in [-0.39, 0.29) is 0 Å². The van der Waals surface area contributed by atoms with Crippen LogP contribution >= 0.6 is 7.82 Å². The Bertz CT molecular complexity index is 204. The van der Waals surface area contributed by atoms with E-state index in [1.165, 1.54) is 6.92 Å². The number of phosphoric acid groups is 1. The zero-order valence-corrected chi connectivity index (χ0v) is 7.93. The van der Waals surface area contributed by atoms with Crippen LogP contribution in [0.3, 0.4) is 0 Å². The summed E-state index contributed by atoms with van der Waals surface area (Å²) in [4.78, 5) is 8.60. The molecule has 0 aliphatic rings. The molecule has 0 aromatic heterocycles. The van der Waals surface area contributed by atoms with Crippen molar-refractivity contribution in [3.8, 4) is 0 Å². The van der Waals surface area contributed by atoms with E-state index in [1.807, 2.05) is 0 Å². The first-order valence-electron chi connectivity index (χ1n) is 3.36. The minimum absolute atomic E-state index is 0.447. The fourth-order valence-electron chi connectivity index (χ4n) is 0.570. The molecule has 80 valence electrons. The maximum Gasteiger partial charge on any atom is 0.472 e. The molecule has 0 aliphatic heterocycles. The molecule has 0 fully saturated rings. The van der Waals surface area contributed by atoms with Crippen molar-refractivity contribution in [2.45, 2.75) is 25.6 Å². The Hall–Kier alpha value is -0.100. The molecule has 0 bridgehead atoms. The Morgan fingerprint density at radius 3 is 2.23 bits per heavy atom. The van der Waals surface area contributed by atoms with E-state index in [0.29, 0.717) is 0 Å². The van der Waals surface area contributed by atoms with Gasteiger partial charge in [-0.05, 0) is 6.42 Å². The monoisotopic (exact) mass is 222 g/mol. The summed E-state index contributed by atoms with van der Waals surface area (Å²) >= 11 is 0. The third-order valence-corrected chi connectivity index (χ3v) is 2.21. The third kappa shape index (κ3) is 4.61. The smallest absolute Gasteiger partial charge is 0.302 e. The van der Waals surface area contributed by atoms with Gasteiger partial charge in [0.2, 0.25) is 0 Å². The largest absolute Gasteiger partial charge is 0.472 e. The molecule has 2 unspecified atom stereocenters. The zero-order valence-electron chi connectivity index (χ0n) is 7.04. The van der Waals surface area contributed by atoms with Gasteiger partial charge in [0, 0.05) is 7.11 Å². The van der Waals surface area contributed by atoms with E-state index in [2.05, 4.69) is 9.05 Å². The lowest BCUT2D eigenvalue weighted by atomic mass is 10.3. The van der Waals surface area contributed by atoms with E-state index in [1.54, 1.807) is 0 Å². The lowest BCUT2D eigenvalue weighted by molar-refractivity contribution is -0.199. The highest BCUT2D eigenvalue weighted by Crippen LogP contribution is 2.46. The second kappa shape index (κ2) is 4.41. The van der Waals surface area contributed by atoms with Gasteiger partial charge in [-0.3, -0.25) is 9.05 Å². The summed E-state index contributed by atoms with van der Waals surface area (Å²) in [5.74, 6) is 0. The predicted octanol–water partition coefficient (Wildman–Crippen LogP) is 2.09. The molecule has 0 saturated carbocycles. The molecule has 0 radical (unpaired) electrons. The molecule has 0 rings (SSSR count). The molecule has 0 heterocycles. The summed E-state index contributed by atoms with van der Waals surface area (Å²) in [6.45, 7) is 1.19. The van der Waals surface area contributed by atoms with Crippen LogP contribution in [0.5, 0.6) is 0 Å². The average molecular weight is 222 g/mol. The van der Waals surface area contributed by atoms with Crippen LogP contribution in [0.1, 0.15) is 13.3 Å². The summed E-state index contributed by atoms with van der Waals surface area (Å²) in [6, 6.07) is 0. The highest BCUT2D eigenvalue weighted by Gasteiger charge is 2.43. The maximum atomic E-state index is 12.0. The van der Waals surface area contributed by atoms with Crippen molar-refractivity contribution in [1.82, 2.24) is 0 Å². The molecule has 1 N–H and O–H groups in total. The van der Waals surface area contributed by atoms with E-state index in [4.69, 9.17) is 4.89 Å². The van der Waals surface area contributed by atoms with Crippen LogP contribution in [0.2, 0.25) is 0 Å². The van der Waals surface area contributed by atoms with Gasteiger partial charge in [-0.25, -0.2) is 4.57 Å². The van der Waals surface area contributed by atoms with Crippen molar-refractivity contribution in [2.75, 3.05) is 7.11 Å². The lowest BCUT2D eigenvalue weighted by Gasteiger charge is -2.20.